The van der Waals surface area contributed by atoms with Crippen molar-refractivity contribution < 1.29 is 28.7 Å². The molecule has 0 heterocycles. The van der Waals surface area contributed by atoms with Gasteiger partial charge in [0, 0.05) is 0 Å². The Labute approximate surface area is 278 Å². The van der Waals surface area contributed by atoms with Gasteiger partial charge in [-0.1, -0.05) is 0 Å². The molecule has 2 unspecified atom stereocenters. The minimum atomic E-state index is -0.717. The molecule has 0 aromatic heterocycles. The van der Waals surface area contributed by atoms with Gasteiger partial charge in [-0.15, -0.1) is 0 Å². The van der Waals surface area contributed by atoms with Crippen molar-refractivity contribution in [3.63, 3.8) is 0 Å². The van der Waals surface area contributed by atoms with E-state index in [2.05, 4.69) is 35.1 Å². The third kappa shape index (κ3) is 25.8. The molecule has 0 radical (unpaired) electrons. The van der Waals surface area contributed by atoms with Crippen LogP contribution in [0.1, 0.15) is 132 Å². The van der Waals surface area contributed by atoms with Crippen LogP contribution < -0.4 is 21.3 Å². The summed E-state index contributed by atoms with van der Waals surface area (Å²) in [5, 5.41) is 12.4. The number of amides is 4. The fourth-order valence-electron chi connectivity index (χ4n) is 3.98. The number of carbonyl (C=O) groups excluding carboxylic acids is 4. The van der Waals surface area contributed by atoms with E-state index in [0.717, 1.165) is 38.5 Å². The van der Waals surface area contributed by atoms with Crippen LogP contribution in [-0.4, -0.2) is 86.6 Å². The number of hydrogen-bond acceptors (Lipinski definition) is 6. The standard InChI is InChI=1S/C32H62N4O6Se2/c1-9-11-13-15-17-19-21-33-27(37)25(35-29(39)41-31(3,4)5)23-43-44-24-26(36-30(40)42-32(6,7)8)28(38)34-22-20-18-16-14-12-10-2/h25-26H,9-24H2,1-8H3,(H,33,37)(H,34,38)(H,35,39)(H,36,40). The predicted molar refractivity (Wildman–Crippen MR) is 180 cm³/mol. The topological polar surface area (TPSA) is 135 Å². The molecule has 0 spiro atoms. The summed E-state index contributed by atoms with van der Waals surface area (Å²) >= 11 is -0.0603. The molecule has 258 valence electrons. The summed E-state index contributed by atoms with van der Waals surface area (Å²) < 4.78 is 10.8. The molecule has 0 aliphatic carbocycles. The van der Waals surface area contributed by atoms with Crippen LogP contribution in [0.3, 0.4) is 0 Å². The zero-order valence-electron chi connectivity index (χ0n) is 28.7. The van der Waals surface area contributed by atoms with E-state index in [1.165, 1.54) is 38.5 Å². The van der Waals surface area contributed by atoms with Gasteiger partial charge in [-0.05, 0) is 0 Å². The maximum absolute atomic E-state index is 13.0. The van der Waals surface area contributed by atoms with Crippen molar-refractivity contribution in [1.82, 2.24) is 21.3 Å². The summed E-state index contributed by atoms with van der Waals surface area (Å²) in [5.41, 5.74) is -1.36. The van der Waals surface area contributed by atoms with E-state index in [-0.39, 0.29) is 38.1 Å². The van der Waals surface area contributed by atoms with Crippen molar-refractivity contribution in [1.29, 1.82) is 0 Å². The molecular weight excluding hydrogens is 694 g/mol. The molecule has 2 atom stereocenters. The first-order chi connectivity index (χ1) is 20.7. The average molecular weight is 757 g/mol. The summed E-state index contributed by atoms with van der Waals surface area (Å²) in [6, 6.07) is -1.43. The van der Waals surface area contributed by atoms with Gasteiger partial charge in [0.05, 0.1) is 0 Å². The molecular formula is C32H62N4O6Se2. The Morgan fingerprint density at radius 1 is 0.545 bits per heavy atom. The zero-order valence-corrected chi connectivity index (χ0v) is 32.2. The second-order valence-electron chi connectivity index (χ2n) is 13.1. The van der Waals surface area contributed by atoms with Crippen LogP contribution in [-0.2, 0) is 19.1 Å². The number of carbonyl (C=O) groups is 4. The van der Waals surface area contributed by atoms with E-state index in [0.29, 0.717) is 23.7 Å². The first kappa shape index (κ1) is 42.5. The molecule has 0 saturated heterocycles. The van der Waals surface area contributed by atoms with Crippen LogP contribution in [0.4, 0.5) is 9.59 Å². The Bertz CT molecular complexity index is 752. The van der Waals surface area contributed by atoms with Gasteiger partial charge < -0.3 is 0 Å². The van der Waals surface area contributed by atoms with Crippen LogP contribution in [0.5, 0.6) is 0 Å². The molecule has 0 fully saturated rings. The number of rotatable bonds is 23. The quantitative estimate of drug-likeness (QED) is 0.0760. The van der Waals surface area contributed by atoms with Gasteiger partial charge in [0.25, 0.3) is 0 Å². The molecule has 4 amide bonds. The summed E-state index contributed by atoms with van der Waals surface area (Å²) in [5.74, 6) is -0.440. The van der Waals surface area contributed by atoms with Gasteiger partial charge in [0.15, 0.2) is 0 Å². The number of unbranched alkanes of at least 4 members (excludes halogenated alkanes) is 10. The fraction of sp³-hybridized carbons (Fsp3) is 0.875. The van der Waals surface area contributed by atoms with E-state index in [1.807, 2.05) is 0 Å². The van der Waals surface area contributed by atoms with Crippen molar-refractivity contribution in [3.8, 4) is 0 Å². The van der Waals surface area contributed by atoms with E-state index in [1.54, 1.807) is 41.5 Å². The normalized spacial score (nSPS) is 13.0. The van der Waals surface area contributed by atoms with Crippen LogP contribution in [0, 0.1) is 0 Å². The SMILES string of the molecule is CCCCCCCCNC(=O)C(C[Se][Se]CC(NC(=O)OC(C)(C)C)C(=O)NCCCCCCCC)NC(=O)OC(C)(C)C. The number of ether oxygens (including phenoxy) is 2. The third-order valence-corrected chi connectivity index (χ3v) is 13.3. The molecule has 0 rings (SSSR count). The molecule has 0 aromatic rings. The summed E-state index contributed by atoms with van der Waals surface area (Å²) in [7, 11) is 0. The Kier molecular flexibility index (Phi) is 23.9. The van der Waals surface area contributed by atoms with E-state index in [9.17, 15) is 19.2 Å². The van der Waals surface area contributed by atoms with Crippen molar-refractivity contribution in [3.05, 3.63) is 0 Å². The van der Waals surface area contributed by atoms with Gasteiger partial charge in [-0.3, -0.25) is 0 Å². The summed E-state index contributed by atoms with van der Waals surface area (Å²) in [6.45, 7) is 16.2. The molecule has 44 heavy (non-hydrogen) atoms. The maximum atomic E-state index is 13.0. The number of nitrogens with one attached hydrogen (secondary N) is 4. The molecule has 0 aromatic carbocycles. The second kappa shape index (κ2) is 24.7. The van der Waals surface area contributed by atoms with Gasteiger partial charge in [-0.25, -0.2) is 0 Å². The third-order valence-electron chi connectivity index (χ3n) is 6.23. The molecule has 10 nitrogen and oxygen atoms in total. The predicted octanol–water partition coefficient (Wildman–Crippen LogP) is 5.89. The van der Waals surface area contributed by atoms with Crippen molar-refractivity contribution in [2.75, 3.05) is 13.1 Å². The molecule has 12 heteroatoms. The van der Waals surface area contributed by atoms with E-state index < -0.39 is 35.5 Å². The van der Waals surface area contributed by atoms with E-state index in [4.69, 9.17) is 9.47 Å². The monoisotopic (exact) mass is 758 g/mol. The number of hydrogen-bond donors (Lipinski definition) is 4. The number of alkyl carbamates (subject to hydrolysis) is 2. The van der Waals surface area contributed by atoms with Gasteiger partial charge >= 0.3 is 280 Å². The Hall–Kier alpha value is -1.48. The first-order valence-corrected chi connectivity index (χ1v) is 23.2. The van der Waals surface area contributed by atoms with Crippen molar-refractivity contribution >= 4 is 50.3 Å². The Morgan fingerprint density at radius 3 is 1.18 bits per heavy atom. The van der Waals surface area contributed by atoms with Crippen molar-refractivity contribution in [2.45, 2.75) is 166 Å². The van der Waals surface area contributed by atoms with Crippen molar-refractivity contribution in [2.24, 2.45) is 0 Å². The van der Waals surface area contributed by atoms with Gasteiger partial charge in [0.1, 0.15) is 0 Å². The second-order valence-corrected chi connectivity index (χ2v) is 20.6. The Morgan fingerprint density at radius 2 is 0.864 bits per heavy atom. The molecule has 0 saturated carbocycles. The van der Waals surface area contributed by atoms with Crippen LogP contribution in [0.25, 0.3) is 0 Å². The molecule has 0 bridgehead atoms. The fourth-order valence-corrected chi connectivity index (χ4v) is 11.0. The van der Waals surface area contributed by atoms with E-state index >= 15 is 0 Å². The molecule has 0 aliphatic heterocycles. The van der Waals surface area contributed by atoms with Crippen LogP contribution >= 0.6 is 0 Å². The Balaban J connectivity index is 5.08. The average Bonchev–Trinajstić information content (AvgIpc) is 2.90. The summed E-state index contributed by atoms with van der Waals surface area (Å²) in [4.78, 5) is 51.0. The minimum absolute atomic E-state index is 0.0302. The first-order valence-electron chi connectivity index (χ1n) is 16.5. The van der Waals surface area contributed by atoms with Crippen LogP contribution in [0.15, 0.2) is 0 Å². The van der Waals surface area contributed by atoms with Gasteiger partial charge in [-0.2, -0.15) is 0 Å². The molecule has 4 N–H and O–H groups in total. The zero-order chi connectivity index (χ0) is 33.4. The van der Waals surface area contributed by atoms with Gasteiger partial charge in [0.2, 0.25) is 0 Å². The molecule has 0 aliphatic rings. The summed E-state index contributed by atoms with van der Waals surface area (Å²) in [6.07, 6.45) is 12.2. The van der Waals surface area contributed by atoms with Crippen LogP contribution in [0.2, 0.25) is 10.6 Å².